The number of hydrogen-bond acceptors (Lipinski definition) is 5. The monoisotopic (exact) mass is 373 g/mol. The number of thiophene rings is 1. The maximum absolute atomic E-state index is 12.8. The highest BCUT2D eigenvalue weighted by atomic mass is 32.1. The van der Waals surface area contributed by atoms with Gasteiger partial charge in [0, 0.05) is 57.9 Å². The molecule has 6 heteroatoms. The third kappa shape index (κ3) is 3.50. The molecule has 2 aliphatic rings. The van der Waals surface area contributed by atoms with Crippen LogP contribution in [0.5, 0.6) is 0 Å². The topological polar surface area (TPSA) is 45.7 Å². The summed E-state index contributed by atoms with van der Waals surface area (Å²) >= 11 is 1.55. The van der Waals surface area contributed by atoms with Crippen molar-refractivity contribution in [3.8, 4) is 0 Å². The molecule has 0 saturated carbocycles. The molecule has 2 aromatic rings. The van der Waals surface area contributed by atoms with Gasteiger partial charge in [0.1, 0.15) is 4.83 Å². The van der Waals surface area contributed by atoms with E-state index in [0.29, 0.717) is 5.92 Å². The van der Waals surface area contributed by atoms with Gasteiger partial charge in [0.2, 0.25) is 0 Å². The van der Waals surface area contributed by atoms with E-state index in [4.69, 9.17) is 4.74 Å². The zero-order chi connectivity index (χ0) is 18.1. The molecule has 0 radical (unpaired) electrons. The lowest BCUT2D eigenvalue weighted by Crippen LogP contribution is -2.31. The van der Waals surface area contributed by atoms with Gasteiger partial charge in [-0.3, -0.25) is 4.79 Å². The summed E-state index contributed by atoms with van der Waals surface area (Å²) in [6, 6.07) is 4.11. The normalized spacial score (nSPS) is 22.2. The third-order valence-electron chi connectivity index (χ3n) is 5.64. The Hall–Kier alpha value is -1.50. The van der Waals surface area contributed by atoms with E-state index in [-0.39, 0.29) is 5.91 Å². The summed E-state index contributed by atoms with van der Waals surface area (Å²) in [6.45, 7) is 5.15. The Balaban J connectivity index is 1.58. The molecule has 4 heterocycles. The number of nitrogens with zero attached hydrogens (tertiary/aromatic N) is 3. The number of rotatable bonds is 4. The molecule has 0 aromatic carbocycles. The number of carbonyl (C=O) groups is 1. The van der Waals surface area contributed by atoms with Crippen molar-refractivity contribution in [1.82, 2.24) is 14.8 Å². The van der Waals surface area contributed by atoms with Crippen molar-refractivity contribution in [2.75, 3.05) is 46.9 Å². The molecule has 0 bridgehead atoms. The predicted molar refractivity (Wildman–Crippen MR) is 105 cm³/mol. The summed E-state index contributed by atoms with van der Waals surface area (Å²) in [4.78, 5) is 23.4. The molecular formula is C20H27N3O2S. The fourth-order valence-electron chi connectivity index (χ4n) is 4.25. The average Bonchev–Trinajstić information content (AvgIpc) is 3.25. The second-order valence-electron chi connectivity index (χ2n) is 7.70. The molecule has 0 unspecified atom stereocenters. The highest BCUT2D eigenvalue weighted by molar-refractivity contribution is 7.20. The highest BCUT2D eigenvalue weighted by Gasteiger charge is 2.32. The van der Waals surface area contributed by atoms with Crippen LogP contribution in [0.3, 0.4) is 0 Å². The van der Waals surface area contributed by atoms with Crippen molar-refractivity contribution < 1.29 is 9.53 Å². The van der Waals surface area contributed by atoms with Crippen LogP contribution in [0.25, 0.3) is 10.2 Å². The lowest BCUT2D eigenvalue weighted by Gasteiger charge is -2.27. The molecule has 140 valence electrons. The van der Waals surface area contributed by atoms with Gasteiger partial charge in [0.05, 0.1) is 4.88 Å². The van der Waals surface area contributed by atoms with Crippen LogP contribution in [0.2, 0.25) is 0 Å². The number of amides is 1. The first-order valence-electron chi connectivity index (χ1n) is 9.52. The maximum Gasteiger partial charge on any atom is 0.263 e. The molecule has 2 saturated heterocycles. The van der Waals surface area contributed by atoms with E-state index in [1.807, 2.05) is 26.4 Å². The Labute approximate surface area is 159 Å². The molecule has 2 aromatic heterocycles. The number of pyridine rings is 1. The number of likely N-dealkylation sites (tertiary alicyclic amines) is 1. The first-order chi connectivity index (χ1) is 12.6. The van der Waals surface area contributed by atoms with E-state index in [0.717, 1.165) is 54.9 Å². The smallest absolute Gasteiger partial charge is 0.263 e. The summed E-state index contributed by atoms with van der Waals surface area (Å²) in [6.07, 6.45) is 5.30. The minimum Gasteiger partial charge on any atom is -0.381 e. The quantitative estimate of drug-likeness (QED) is 0.826. The van der Waals surface area contributed by atoms with Gasteiger partial charge in [0.25, 0.3) is 5.91 Å². The van der Waals surface area contributed by atoms with Crippen LogP contribution in [-0.2, 0) is 4.74 Å². The van der Waals surface area contributed by atoms with Gasteiger partial charge in [-0.05, 0) is 43.4 Å². The van der Waals surface area contributed by atoms with Crippen molar-refractivity contribution in [3.63, 3.8) is 0 Å². The van der Waals surface area contributed by atoms with Crippen molar-refractivity contribution >= 4 is 27.5 Å². The molecule has 4 rings (SSSR count). The second-order valence-corrected chi connectivity index (χ2v) is 8.70. The molecule has 0 aliphatic carbocycles. The lowest BCUT2D eigenvalue weighted by molar-refractivity contribution is 0.0553. The van der Waals surface area contributed by atoms with Gasteiger partial charge in [-0.2, -0.15) is 0 Å². The van der Waals surface area contributed by atoms with Crippen LogP contribution < -0.4 is 0 Å². The van der Waals surface area contributed by atoms with Crippen LogP contribution in [0, 0.1) is 5.92 Å². The largest absolute Gasteiger partial charge is 0.381 e. The zero-order valence-electron chi connectivity index (χ0n) is 15.6. The standard InChI is InChI=1S/C20H27N3O2S/c1-22(2)20(24)18-17(16-4-3-8-21-19(16)26-18)15-5-9-23(13-15)12-14-6-10-25-11-7-14/h3-4,8,14-15H,5-7,9-13H2,1-2H3/t15-/m1/s1. The number of aromatic nitrogens is 1. The average molecular weight is 374 g/mol. The fraction of sp³-hybridized carbons (Fsp3) is 0.600. The zero-order valence-corrected chi connectivity index (χ0v) is 16.4. The van der Waals surface area contributed by atoms with E-state index in [1.165, 1.54) is 23.8 Å². The van der Waals surface area contributed by atoms with Crippen molar-refractivity contribution in [2.24, 2.45) is 5.92 Å². The molecular weight excluding hydrogens is 346 g/mol. The number of hydrogen-bond donors (Lipinski definition) is 0. The van der Waals surface area contributed by atoms with Crippen LogP contribution in [0.4, 0.5) is 0 Å². The number of carbonyl (C=O) groups excluding carboxylic acids is 1. The van der Waals surface area contributed by atoms with Gasteiger partial charge in [-0.15, -0.1) is 11.3 Å². The lowest BCUT2D eigenvalue weighted by atomic mass is 9.95. The summed E-state index contributed by atoms with van der Waals surface area (Å²) in [5, 5.41) is 1.17. The molecule has 2 aliphatic heterocycles. The van der Waals surface area contributed by atoms with Crippen LogP contribution in [-0.4, -0.2) is 67.6 Å². The van der Waals surface area contributed by atoms with Crippen LogP contribution >= 0.6 is 11.3 Å². The van der Waals surface area contributed by atoms with E-state index < -0.39 is 0 Å². The highest BCUT2D eigenvalue weighted by Crippen LogP contribution is 2.40. The Morgan fingerprint density at radius 3 is 2.92 bits per heavy atom. The van der Waals surface area contributed by atoms with Crippen LogP contribution in [0.15, 0.2) is 18.3 Å². The second kappa shape index (κ2) is 7.62. The van der Waals surface area contributed by atoms with Gasteiger partial charge < -0.3 is 14.5 Å². The SMILES string of the molecule is CN(C)C(=O)c1sc2ncccc2c1[C@@H]1CCN(CC2CCOCC2)C1. The summed E-state index contributed by atoms with van der Waals surface area (Å²) < 4.78 is 5.49. The Kier molecular flexibility index (Phi) is 5.25. The van der Waals surface area contributed by atoms with Crippen molar-refractivity contribution in [3.05, 3.63) is 28.8 Å². The maximum atomic E-state index is 12.8. The predicted octanol–water partition coefficient (Wildman–Crippen LogP) is 3.21. The Bertz CT molecular complexity index is 782. The van der Waals surface area contributed by atoms with E-state index in [2.05, 4.69) is 16.0 Å². The first kappa shape index (κ1) is 17.9. The molecule has 5 nitrogen and oxygen atoms in total. The molecule has 26 heavy (non-hydrogen) atoms. The van der Waals surface area contributed by atoms with E-state index in [9.17, 15) is 4.79 Å². The van der Waals surface area contributed by atoms with Crippen LogP contribution in [0.1, 0.15) is 40.4 Å². The number of fused-ring (bicyclic) bond motifs is 1. The van der Waals surface area contributed by atoms with Gasteiger partial charge in [0.15, 0.2) is 0 Å². The fourth-order valence-corrected chi connectivity index (χ4v) is 5.50. The summed E-state index contributed by atoms with van der Waals surface area (Å²) in [5.74, 6) is 1.28. The van der Waals surface area contributed by atoms with Crippen molar-refractivity contribution in [2.45, 2.75) is 25.2 Å². The van der Waals surface area contributed by atoms with Gasteiger partial charge in [-0.25, -0.2) is 4.98 Å². The summed E-state index contributed by atoms with van der Waals surface area (Å²) in [7, 11) is 3.66. The first-order valence-corrected chi connectivity index (χ1v) is 10.3. The van der Waals surface area contributed by atoms with E-state index in [1.54, 1.807) is 16.2 Å². The molecule has 0 spiro atoms. The van der Waals surface area contributed by atoms with Crippen molar-refractivity contribution in [1.29, 1.82) is 0 Å². The molecule has 1 amide bonds. The molecule has 2 fully saturated rings. The Morgan fingerprint density at radius 1 is 1.35 bits per heavy atom. The van der Waals surface area contributed by atoms with Gasteiger partial charge >= 0.3 is 0 Å². The molecule has 0 N–H and O–H groups in total. The van der Waals surface area contributed by atoms with E-state index >= 15 is 0 Å². The minimum atomic E-state index is 0.103. The van der Waals surface area contributed by atoms with Gasteiger partial charge in [-0.1, -0.05) is 6.07 Å². The third-order valence-corrected chi connectivity index (χ3v) is 6.76. The number of ether oxygens (including phenoxy) is 1. The Morgan fingerprint density at radius 2 is 2.15 bits per heavy atom. The molecule has 1 atom stereocenters. The summed E-state index contributed by atoms with van der Waals surface area (Å²) in [5.41, 5.74) is 1.23. The minimum absolute atomic E-state index is 0.103.